The Balaban J connectivity index is 2.55. The van der Waals surface area contributed by atoms with Gasteiger partial charge in [0.25, 0.3) is 0 Å². The van der Waals surface area contributed by atoms with Crippen LogP contribution in [-0.2, 0) is 20.6 Å². The molecule has 96 valence electrons. The standard InChI is InChI=1S/C10H16N2O3S2/c1-2-17(14,15)7-3-6-16(13)10-4-5-12-8-9(10)11/h4-5,8H,2-3,6-7,11H2,1H3. The van der Waals surface area contributed by atoms with Gasteiger partial charge in [0.05, 0.1) is 33.3 Å². The van der Waals surface area contributed by atoms with Gasteiger partial charge in [-0.2, -0.15) is 0 Å². The van der Waals surface area contributed by atoms with E-state index in [9.17, 15) is 12.6 Å². The maximum Gasteiger partial charge on any atom is 0.150 e. The summed E-state index contributed by atoms with van der Waals surface area (Å²) in [5.74, 6) is 0.491. The lowest BCUT2D eigenvalue weighted by Crippen LogP contribution is -2.12. The molecule has 1 atom stereocenters. The Bertz CT molecular complexity index is 500. The van der Waals surface area contributed by atoms with Gasteiger partial charge in [0.15, 0.2) is 0 Å². The molecule has 1 unspecified atom stereocenters. The maximum atomic E-state index is 11.8. The summed E-state index contributed by atoms with van der Waals surface area (Å²) in [7, 11) is -4.25. The minimum atomic E-state index is -2.99. The van der Waals surface area contributed by atoms with Crippen molar-refractivity contribution in [3.63, 3.8) is 0 Å². The second kappa shape index (κ2) is 6.11. The van der Waals surface area contributed by atoms with Gasteiger partial charge in [-0.25, -0.2) is 8.42 Å². The Kier molecular flexibility index (Phi) is 5.07. The molecule has 0 amide bonds. The first-order chi connectivity index (χ1) is 7.96. The van der Waals surface area contributed by atoms with Crippen molar-refractivity contribution in [3.05, 3.63) is 18.5 Å². The molecule has 2 N–H and O–H groups in total. The lowest BCUT2D eigenvalue weighted by Gasteiger charge is -2.05. The summed E-state index contributed by atoms with van der Waals surface area (Å²) in [5.41, 5.74) is 6.01. The average Bonchev–Trinajstić information content (AvgIpc) is 2.29. The number of nitrogen functional groups attached to an aromatic ring is 1. The first-order valence-electron chi connectivity index (χ1n) is 5.24. The zero-order valence-corrected chi connectivity index (χ0v) is 11.3. The summed E-state index contributed by atoms with van der Waals surface area (Å²) in [6.07, 6.45) is 3.34. The molecule has 1 heterocycles. The lowest BCUT2D eigenvalue weighted by atomic mass is 10.4. The fourth-order valence-electron chi connectivity index (χ4n) is 1.27. The van der Waals surface area contributed by atoms with E-state index in [1.54, 1.807) is 13.0 Å². The highest BCUT2D eigenvalue weighted by molar-refractivity contribution is 7.91. The molecule has 17 heavy (non-hydrogen) atoms. The van der Waals surface area contributed by atoms with Crippen LogP contribution in [0.25, 0.3) is 0 Å². The summed E-state index contributed by atoms with van der Waals surface area (Å²) in [5, 5.41) is 0. The van der Waals surface area contributed by atoms with Crippen LogP contribution in [0.1, 0.15) is 13.3 Å². The molecule has 0 aromatic carbocycles. The summed E-state index contributed by atoms with van der Waals surface area (Å²) < 4.78 is 34.3. The Hall–Kier alpha value is -0.950. The van der Waals surface area contributed by atoms with E-state index in [1.165, 1.54) is 12.4 Å². The molecule has 1 rings (SSSR count). The Labute approximate surface area is 104 Å². The van der Waals surface area contributed by atoms with Gasteiger partial charge in [-0.1, -0.05) is 6.92 Å². The number of pyridine rings is 1. The Morgan fingerprint density at radius 3 is 2.76 bits per heavy atom. The van der Waals surface area contributed by atoms with Crippen LogP contribution >= 0.6 is 0 Å². The van der Waals surface area contributed by atoms with Crippen molar-refractivity contribution < 1.29 is 12.6 Å². The van der Waals surface area contributed by atoms with Gasteiger partial charge < -0.3 is 5.73 Å². The second-order valence-electron chi connectivity index (χ2n) is 3.55. The molecular formula is C10H16N2O3S2. The van der Waals surface area contributed by atoms with Crippen LogP contribution in [-0.4, -0.2) is 34.9 Å². The number of anilines is 1. The summed E-state index contributed by atoms with van der Waals surface area (Å²) in [6, 6.07) is 1.60. The van der Waals surface area contributed by atoms with Crippen molar-refractivity contribution in [2.75, 3.05) is 23.0 Å². The third-order valence-corrected chi connectivity index (χ3v) is 5.59. The van der Waals surface area contributed by atoms with Crippen LogP contribution in [0.2, 0.25) is 0 Å². The maximum absolute atomic E-state index is 11.8. The second-order valence-corrected chi connectivity index (χ2v) is 7.56. The molecule has 0 saturated carbocycles. The smallest absolute Gasteiger partial charge is 0.150 e. The van der Waals surface area contributed by atoms with Crippen LogP contribution in [0, 0.1) is 0 Å². The van der Waals surface area contributed by atoms with Crippen LogP contribution in [0.4, 0.5) is 5.69 Å². The minimum absolute atomic E-state index is 0.0697. The summed E-state index contributed by atoms with van der Waals surface area (Å²) >= 11 is 0. The molecule has 5 nitrogen and oxygen atoms in total. The topological polar surface area (TPSA) is 90.1 Å². The van der Waals surface area contributed by atoms with E-state index in [4.69, 9.17) is 5.73 Å². The lowest BCUT2D eigenvalue weighted by molar-refractivity contribution is 0.596. The van der Waals surface area contributed by atoms with Crippen LogP contribution in [0.5, 0.6) is 0 Å². The SMILES string of the molecule is CCS(=O)(=O)CCCS(=O)c1ccncc1N. The monoisotopic (exact) mass is 276 g/mol. The summed E-state index contributed by atoms with van der Waals surface area (Å²) in [6.45, 7) is 1.60. The number of sulfone groups is 1. The van der Waals surface area contributed by atoms with Crippen LogP contribution in [0.15, 0.2) is 23.4 Å². The van der Waals surface area contributed by atoms with Gasteiger partial charge in [0, 0.05) is 17.7 Å². The molecule has 0 fully saturated rings. The number of nitrogens with two attached hydrogens (primary N) is 1. The van der Waals surface area contributed by atoms with E-state index in [0.29, 0.717) is 22.8 Å². The van der Waals surface area contributed by atoms with Crippen molar-refractivity contribution in [1.82, 2.24) is 4.98 Å². The van der Waals surface area contributed by atoms with Gasteiger partial charge in [-0.15, -0.1) is 0 Å². The van der Waals surface area contributed by atoms with Crippen molar-refractivity contribution in [2.45, 2.75) is 18.2 Å². The molecule has 0 bridgehead atoms. The third-order valence-electron chi connectivity index (χ3n) is 2.28. The molecule has 0 aliphatic heterocycles. The van der Waals surface area contributed by atoms with Gasteiger partial charge in [0.1, 0.15) is 9.84 Å². The van der Waals surface area contributed by atoms with Crippen LogP contribution in [0.3, 0.4) is 0 Å². The van der Waals surface area contributed by atoms with E-state index >= 15 is 0 Å². The molecule has 0 radical (unpaired) electrons. The van der Waals surface area contributed by atoms with E-state index in [1.807, 2.05) is 0 Å². The average molecular weight is 276 g/mol. The Morgan fingerprint density at radius 1 is 1.47 bits per heavy atom. The molecule has 1 aromatic heterocycles. The number of aromatic nitrogens is 1. The third kappa shape index (κ3) is 4.43. The summed E-state index contributed by atoms with van der Waals surface area (Å²) in [4.78, 5) is 4.33. The number of nitrogens with zero attached hydrogens (tertiary/aromatic N) is 1. The van der Waals surface area contributed by atoms with E-state index in [2.05, 4.69) is 4.98 Å². The fraction of sp³-hybridized carbons (Fsp3) is 0.500. The number of hydrogen-bond acceptors (Lipinski definition) is 5. The van der Waals surface area contributed by atoms with E-state index in [0.717, 1.165) is 0 Å². The van der Waals surface area contributed by atoms with Crippen molar-refractivity contribution >= 4 is 26.3 Å². The predicted octanol–water partition coefficient (Wildman–Crippen LogP) is 0.596. The highest BCUT2D eigenvalue weighted by Gasteiger charge is 2.11. The van der Waals surface area contributed by atoms with Crippen molar-refractivity contribution in [1.29, 1.82) is 0 Å². The van der Waals surface area contributed by atoms with E-state index < -0.39 is 20.6 Å². The molecule has 7 heteroatoms. The number of hydrogen-bond donors (Lipinski definition) is 1. The predicted molar refractivity (Wildman–Crippen MR) is 68.9 cm³/mol. The van der Waals surface area contributed by atoms with Gasteiger partial charge in [0.2, 0.25) is 0 Å². The molecule has 0 aliphatic carbocycles. The molecular weight excluding hydrogens is 260 g/mol. The highest BCUT2D eigenvalue weighted by atomic mass is 32.2. The zero-order chi connectivity index (χ0) is 12.9. The zero-order valence-electron chi connectivity index (χ0n) is 9.63. The largest absolute Gasteiger partial charge is 0.396 e. The fourth-order valence-corrected chi connectivity index (χ4v) is 3.48. The first kappa shape index (κ1) is 14.1. The van der Waals surface area contributed by atoms with Gasteiger partial charge >= 0.3 is 0 Å². The number of rotatable bonds is 6. The molecule has 0 aliphatic rings. The minimum Gasteiger partial charge on any atom is -0.396 e. The molecule has 0 saturated heterocycles. The molecule has 1 aromatic rings. The first-order valence-corrected chi connectivity index (χ1v) is 8.38. The van der Waals surface area contributed by atoms with E-state index in [-0.39, 0.29) is 11.5 Å². The van der Waals surface area contributed by atoms with Crippen molar-refractivity contribution in [2.24, 2.45) is 0 Å². The highest BCUT2D eigenvalue weighted by Crippen LogP contribution is 2.14. The van der Waals surface area contributed by atoms with Gasteiger partial charge in [-0.3, -0.25) is 9.19 Å². The molecule has 0 spiro atoms. The van der Waals surface area contributed by atoms with Crippen LogP contribution < -0.4 is 5.73 Å². The van der Waals surface area contributed by atoms with Gasteiger partial charge in [-0.05, 0) is 12.5 Å². The normalized spacial score (nSPS) is 13.5. The Morgan fingerprint density at radius 2 is 2.18 bits per heavy atom. The quantitative estimate of drug-likeness (QED) is 0.821. The van der Waals surface area contributed by atoms with Crippen molar-refractivity contribution in [3.8, 4) is 0 Å².